The molecule has 3 N–H and O–H groups in total. The minimum Gasteiger partial charge on any atom is -0.398 e. The van der Waals surface area contributed by atoms with Crippen molar-refractivity contribution in [1.82, 2.24) is 15.2 Å². The van der Waals surface area contributed by atoms with Crippen LogP contribution in [0.1, 0.15) is 25.8 Å². The fourth-order valence-corrected chi connectivity index (χ4v) is 3.23. The number of morpholine rings is 1. The molecule has 0 bridgehead atoms. The van der Waals surface area contributed by atoms with Crippen LogP contribution in [0.4, 0.5) is 5.69 Å². The highest BCUT2D eigenvalue weighted by molar-refractivity contribution is 5.44. The first-order valence-electron chi connectivity index (χ1n) is 7.80. The maximum Gasteiger partial charge on any atom is 0.0594 e. The van der Waals surface area contributed by atoms with E-state index in [1.807, 2.05) is 19.3 Å². The van der Waals surface area contributed by atoms with Gasteiger partial charge in [-0.25, -0.2) is 0 Å². The van der Waals surface area contributed by atoms with Crippen molar-refractivity contribution in [2.24, 2.45) is 0 Å². The maximum absolute atomic E-state index is 6.09. The lowest BCUT2D eigenvalue weighted by atomic mass is 9.83. The highest BCUT2D eigenvalue weighted by Gasteiger charge is 2.38. The molecule has 2 rings (SSSR count). The molecule has 1 aromatic heterocycles. The third-order valence-electron chi connectivity index (χ3n) is 4.91. The fourth-order valence-electron chi connectivity index (χ4n) is 3.23. The Labute approximate surface area is 127 Å². The highest BCUT2D eigenvalue weighted by atomic mass is 16.5. The first-order valence-corrected chi connectivity index (χ1v) is 7.80. The number of aromatic nitrogens is 1. The topological polar surface area (TPSA) is 63.4 Å². The molecule has 5 nitrogen and oxygen atoms in total. The lowest BCUT2D eigenvalue weighted by molar-refractivity contribution is -0.0312. The zero-order valence-electron chi connectivity index (χ0n) is 13.4. The predicted octanol–water partition coefficient (Wildman–Crippen LogP) is 1.30. The Kier molecular flexibility index (Phi) is 5.56. The van der Waals surface area contributed by atoms with Crippen LogP contribution >= 0.6 is 0 Å². The number of likely N-dealkylation sites (N-methyl/N-ethyl adjacent to an activating group) is 1. The summed E-state index contributed by atoms with van der Waals surface area (Å²) in [6.45, 7) is 8.22. The standard InChI is InChI=1S/C16H28N4O/c1-4-16(2,20-7-9-21-10-8-20)15(18-3)11-13-12-19-6-5-14(13)17/h5-6,12,15,18H,4,7-11H2,1-3H3,(H2,17,19). The van der Waals surface area contributed by atoms with E-state index in [9.17, 15) is 0 Å². The number of hydrogen-bond donors (Lipinski definition) is 2. The van der Waals surface area contributed by atoms with Gasteiger partial charge in [0.15, 0.2) is 0 Å². The molecule has 0 saturated carbocycles. The van der Waals surface area contributed by atoms with Crippen LogP contribution in [0.2, 0.25) is 0 Å². The number of nitrogen functional groups attached to an aromatic ring is 1. The Balaban J connectivity index is 2.18. The van der Waals surface area contributed by atoms with Gasteiger partial charge in [0.1, 0.15) is 0 Å². The van der Waals surface area contributed by atoms with Gasteiger partial charge in [-0.2, -0.15) is 0 Å². The fraction of sp³-hybridized carbons (Fsp3) is 0.688. The molecular formula is C16H28N4O. The summed E-state index contributed by atoms with van der Waals surface area (Å²) in [5, 5.41) is 3.50. The second-order valence-corrected chi connectivity index (χ2v) is 5.93. The quantitative estimate of drug-likeness (QED) is 0.827. The van der Waals surface area contributed by atoms with Crippen molar-refractivity contribution in [2.75, 3.05) is 39.1 Å². The molecule has 0 aromatic carbocycles. The van der Waals surface area contributed by atoms with E-state index in [0.29, 0.717) is 6.04 Å². The molecule has 0 aliphatic carbocycles. The van der Waals surface area contributed by atoms with Crippen LogP contribution in [0.15, 0.2) is 18.5 Å². The maximum atomic E-state index is 6.09. The molecule has 5 heteroatoms. The number of ether oxygens (including phenoxy) is 1. The van der Waals surface area contributed by atoms with Crippen LogP contribution in [0.3, 0.4) is 0 Å². The largest absolute Gasteiger partial charge is 0.398 e. The number of anilines is 1. The number of nitrogens with two attached hydrogens (primary N) is 1. The van der Waals surface area contributed by atoms with E-state index in [1.165, 1.54) is 0 Å². The molecule has 2 heterocycles. The number of nitrogens with zero attached hydrogens (tertiary/aromatic N) is 2. The summed E-state index contributed by atoms with van der Waals surface area (Å²) < 4.78 is 5.50. The van der Waals surface area contributed by atoms with E-state index in [2.05, 4.69) is 29.0 Å². The molecule has 21 heavy (non-hydrogen) atoms. The second-order valence-electron chi connectivity index (χ2n) is 5.93. The van der Waals surface area contributed by atoms with Gasteiger partial charge in [-0.15, -0.1) is 0 Å². The van der Waals surface area contributed by atoms with Gasteiger partial charge in [0, 0.05) is 42.8 Å². The summed E-state index contributed by atoms with van der Waals surface area (Å²) in [5.41, 5.74) is 8.11. The molecule has 1 aliphatic heterocycles. The molecular weight excluding hydrogens is 264 g/mol. The van der Waals surface area contributed by atoms with Crippen LogP contribution in [-0.2, 0) is 11.2 Å². The number of hydrogen-bond acceptors (Lipinski definition) is 5. The number of pyridine rings is 1. The smallest absolute Gasteiger partial charge is 0.0594 e. The Hall–Kier alpha value is -1.17. The number of nitrogens with one attached hydrogen (secondary N) is 1. The molecule has 118 valence electrons. The van der Waals surface area contributed by atoms with E-state index in [4.69, 9.17) is 10.5 Å². The van der Waals surface area contributed by atoms with E-state index < -0.39 is 0 Å². The predicted molar refractivity (Wildman–Crippen MR) is 86.3 cm³/mol. The van der Waals surface area contributed by atoms with Crippen molar-refractivity contribution in [3.8, 4) is 0 Å². The Morgan fingerprint density at radius 1 is 1.48 bits per heavy atom. The van der Waals surface area contributed by atoms with Crippen LogP contribution in [0.5, 0.6) is 0 Å². The monoisotopic (exact) mass is 292 g/mol. The molecule has 2 unspecified atom stereocenters. The van der Waals surface area contributed by atoms with Crippen molar-refractivity contribution in [1.29, 1.82) is 0 Å². The Bertz CT molecular complexity index is 448. The van der Waals surface area contributed by atoms with E-state index in [1.54, 1.807) is 6.20 Å². The Morgan fingerprint density at radius 2 is 2.19 bits per heavy atom. The second kappa shape index (κ2) is 7.20. The minimum atomic E-state index is 0.0841. The molecule has 1 aliphatic rings. The van der Waals surface area contributed by atoms with Crippen molar-refractivity contribution >= 4 is 5.69 Å². The third kappa shape index (κ3) is 3.54. The molecule has 0 spiro atoms. The molecule has 1 fully saturated rings. The Morgan fingerprint density at radius 3 is 2.76 bits per heavy atom. The van der Waals surface area contributed by atoms with Gasteiger partial charge in [0.2, 0.25) is 0 Å². The summed E-state index contributed by atoms with van der Waals surface area (Å²) in [4.78, 5) is 6.76. The SMILES string of the molecule is CCC(C)(C(Cc1cnccc1N)NC)N1CCOCC1. The van der Waals surface area contributed by atoms with Crippen LogP contribution in [0, 0.1) is 0 Å². The first kappa shape index (κ1) is 16.2. The van der Waals surface area contributed by atoms with Gasteiger partial charge >= 0.3 is 0 Å². The van der Waals surface area contributed by atoms with Crippen LogP contribution < -0.4 is 11.1 Å². The van der Waals surface area contributed by atoms with Gasteiger partial charge in [-0.05, 0) is 38.4 Å². The van der Waals surface area contributed by atoms with E-state index in [0.717, 1.165) is 50.4 Å². The summed E-state index contributed by atoms with van der Waals surface area (Å²) in [5.74, 6) is 0. The van der Waals surface area contributed by atoms with Crippen molar-refractivity contribution in [3.63, 3.8) is 0 Å². The van der Waals surface area contributed by atoms with Crippen molar-refractivity contribution in [2.45, 2.75) is 38.3 Å². The lowest BCUT2D eigenvalue weighted by Crippen LogP contribution is -2.62. The normalized spacial score (nSPS) is 20.9. The van der Waals surface area contributed by atoms with Crippen LogP contribution in [0.25, 0.3) is 0 Å². The molecule has 1 saturated heterocycles. The number of rotatable bonds is 6. The van der Waals surface area contributed by atoms with Gasteiger partial charge in [0.25, 0.3) is 0 Å². The average Bonchev–Trinajstić information content (AvgIpc) is 2.54. The molecule has 0 radical (unpaired) electrons. The summed E-state index contributed by atoms with van der Waals surface area (Å²) >= 11 is 0. The molecule has 2 atom stereocenters. The zero-order chi connectivity index (χ0) is 15.3. The van der Waals surface area contributed by atoms with Crippen molar-refractivity contribution < 1.29 is 4.74 Å². The van der Waals surface area contributed by atoms with Crippen LogP contribution in [-0.4, -0.2) is 54.8 Å². The summed E-state index contributed by atoms with van der Waals surface area (Å²) in [7, 11) is 2.03. The third-order valence-corrected chi connectivity index (χ3v) is 4.91. The van der Waals surface area contributed by atoms with E-state index in [-0.39, 0.29) is 5.54 Å². The van der Waals surface area contributed by atoms with E-state index >= 15 is 0 Å². The summed E-state index contributed by atoms with van der Waals surface area (Å²) in [6, 6.07) is 2.20. The average molecular weight is 292 g/mol. The minimum absolute atomic E-state index is 0.0841. The highest BCUT2D eigenvalue weighted by Crippen LogP contribution is 2.28. The first-order chi connectivity index (χ1) is 10.1. The van der Waals surface area contributed by atoms with Crippen molar-refractivity contribution in [3.05, 3.63) is 24.0 Å². The van der Waals surface area contributed by atoms with Gasteiger partial charge in [0.05, 0.1) is 13.2 Å². The molecule has 1 aromatic rings. The van der Waals surface area contributed by atoms with Gasteiger partial charge in [-0.3, -0.25) is 9.88 Å². The lowest BCUT2D eigenvalue weighted by Gasteiger charge is -2.48. The van der Waals surface area contributed by atoms with Gasteiger partial charge in [-0.1, -0.05) is 6.92 Å². The zero-order valence-corrected chi connectivity index (χ0v) is 13.4. The van der Waals surface area contributed by atoms with Gasteiger partial charge < -0.3 is 15.8 Å². The summed E-state index contributed by atoms with van der Waals surface area (Å²) in [6.07, 6.45) is 5.60. The molecule has 0 amide bonds.